The fourth-order valence-electron chi connectivity index (χ4n) is 4.99. The van der Waals surface area contributed by atoms with E-state index >= 15 is 0 Å². The van der Waals surface area contributed by atoms with Gasteiger partial charge in [0.1, 0.15) is 5.82 Å². The summed E-state index contributed by atoms with van der Waals surface area (Å²) in [6, 6.07) is 5.28. The smallest absolute Gasteiger partial charge is 0.391 e. The van der Waals surface area contributed by atoms with E-state index in [1.807, 2.05) is 0 Å². The molecule has 2 unspecified atom stereocenters. The maximum absolute atomic E-state index is 12.7. The van der Waals surface area contributed by atoms with Crippen molar-refractivity contribution in [2.75, 3.05) is 36.0 Å². The van der Waals surface area contributed by atoms with Crippen molar-refractivity contribution in [3.8, 4) is 5.88 Å². The molecule has 2 aromatic rings. The lowest BCUT2D eigenvalue weighted by molar-refractivity contribution is -0.137. The SMILES string of the molecule is O=C(Oc1ccc(N2C(=O)C3CCCCC3C2=O)cn1)N1CCN(c2ccc(C(F)(F)F)cn2)CC1. The van der Waals surface area contributed by atoms with Crippen LogP contribution in [0.4, 0.5) is 29.5 Å². The lowest BCUT2D eigenvalue weighted by atomic mass is 9.81. The lowest BCUT2D eigenvalue weighted by Crippen LogP contribution is -2.49. The van der Waals surface area contributed by atoms with Gasteiger partial charge in [-0.15, -0.1) is 0 Å². The molecule has 3 fully saturated rings. The molecule has 0 spiro atoms. The summed E-state index contributed by atoms with van der Waals surface area (Å²) < 4.78 is 43.5. The van der Waals surface area contributed by atoms with Gasteiger partial charge in [-0.3, -0.25) is 9.59 Å². The summed E-state index contributed by atoms with van der Waals surface area (Å²) >= 11 is 0. The highest BCUT2D eigenvalue weighted by atomic mass is 19.4. The van der Waals surface area contributed by atoms with Gasteiger partial charge in [-0.25, -0.2) is 19.7 Å². The van der Waals surface area contributed by atoms with Gasteiger partial charge in [0.05, 0.1) is 29.3 Å². The molecule has 2 saturated heterocycles. The number of aromatic nitrogens is 2. The average molecular weight is 503 g/mol. The fourth-order valence-corrected chi connectivity index (χ4v) is 4.99. The number of anilines is 2. The summed E-state index contributed by atoms with van der Waals surface area (Å²) in [6.45, 7) is 1.33. The molecule has 0 bridgehead atoms. The van der Waals surface area contributed by atoms with Crippen molar-refractivity contribution in [1.29, 1.82) is 0 Å². The summed E-state index contributed by atoms with van der Waals surface area (Å²) in [7, 11) is 0. The molecule has 9 nitrogen and oxygen atoms in total. The van der Waals surface area contributed by atoms with Gasteiger partial charge in [0.15, 0.2) is 0 Å². The number of hydrogen-bond donors (Lipinski definition) is 0. The van der Waals surface area contributed by atoms with Crippen LogP contribution in [0.1, 0.15) is 31.2 Å². The second kappa shape index (κ2) is 9.40. The van der Waals surface area contributed by atoms with E-state index in [-0.39, 0.29) is 29.5 Å². The first-order valence-corrected chi connectivity index (χ1v) is 11.8. The minimum Gasteiger partial charge on any atom is -0.391 e. The molecule has 5 rings (SSSR count). The maximum Gasteiger partial charge on any atom is 0.417 e. The number of nitrogens with zero attached hydrogens (tertiary/aromatic N) is 5. The van der Waals surface area contributed by atoms with Crippen molar-refractivity contribution in [1.82, 2.24) is 14.9 Å². The zero-order valence-electron chi connectivity index (χ0n) is 19.3. The summed E-state index contributed by atoms with van der Waals surface area (Å²) in [5.74, 6) is -0.486. The minimum absolute atomic E-state index is 0.0343. The third-order valence-corrected chi connectivity index (χ3v) is 6.95. The molecule has 1 saturated carbocycles. The van der Waals surface area contributed by atoms with E-state index in [1.165, 1.54) is 34.2 Å². The summed E-state index contributed by atoms with van der Waals surface area (Å²) in [5, 5.41) is 0. The highest BCUT2D eigenvalue weighted by Crippen LogP contribution is 2.40. The van der Waals surface area contributed by atoms with Gasteiger partial charge < -0.3 is 14.5 Å². The Kier molecular flexibility index (Phi) is 6.27. The normalized spacial score (nSPS) is 22.6. The number of hydrogen-bond acceptors (Lipinski definition) is 7. The van der Waals surface area contributed by atoms with E-state index in [0.29, 0.717) is 37.7 Å². The number of rotatable bonds is 3. The second-order valence-electron chi connectivity index (χ2n) is 9.11. The third-order valence-electron chi connectivity index (χ3n) is 6.95. The van der Waals surface area contributed by atoms with E-state index in [2.05, 4.69) is 9.97 Å². The number of alkyl halides is 3. The standard InChI is InChI=1S/C24H24F3N5O4/c25-24(26,27)15-5-7-19(28-13-15)30-9-11-31(12-10-30)23(35)36-20-8-6-16(14-29-20)32-21(33)17-3-1-2-4-18(17)22(32)34/h5-8,13-14,17-18H,1-4,9-12H2. The highest BCUT2D eigenvalue weighted by Gasteiger charge is 2.48. The van der Waals surface area contributed by atoms with E-state index in [9.17, 15) is 27.6 Å². The Morgan fingerprint density at radius 3 is 2.08 bits per heavy atom. The van der Waals surface area contributed by atoms with Crippen LogP contribution >= 0.6 is 0 Å². The van der Waals surface area contributed by atoms with Gasteiger partial charge >= 0.3 is 12.3 Å². The molecule has 2 aliphatic heterocycles. The number of pyridine rings is 2. The van der Waals surface area contributed by atoms with Gasteiger partial charge in [0.25, 0.3) is 0 Å². The number of carbonyl (C=O) groups is 3. The maximum atomic E-state index is 12.7. The van der Waals surface area contributed by atoms with Gasteiger partial charge in [-0.2, -0.15) is 13.2 Å². The Morgan fingerprint density at radius 2 is 1.56 bits per heavy atom. The third kappa shape index (κ3) is 4.59. The number of amides is 3. The Bertz CT molecular complexity index is 1120. The van der Waals surface area contributed by atoms with Crippen molar-refractivity contribution < 1.29 is 32.3 Å². The van der Waals surface area contributed by atoms with Crippen molar-refractivity contribution >= 4 is 29.4 Å². The lowest BCUT2D eigenvalue weighted by Gasteiger charge is -2.34. The number of carbonyl (C=O) groups excluding carboxylic acids is 3. The topological polar surface area (TPSA) is 95.9 Å². The van der Waals surface area contributed by atoms with Crippen molar-refractivity contribution in [2.45, 2.75) is 31.9 Å². The van der Waals surface area contributed by atoms with Crippen LogP contribution in [0.15, 0.2) is 36.7 Å². The fraction of sp³-hybridized carbons (Fsp3) is 0.458. The molecule has 0 aromatic carbocycles. The van der Waals surface area contributed by atoms with Crippen molar-refractivity contribution in [3.63, 3.8) is 0 Å². The molecule has 2 aromatic heterocycles. The van der Waals surface area contributed by atoms with Gasteiger partial charge in [0, 0.05) is 38.4 Å². The minimum atomic E-state index is -4.45. The molecule has 36 heavy (non-hydrogen) atoms. The van der Waals surface area contributed by atoms with Crippen molar-refractivity contribution in [3.05, 3.63) is 42.2 Å². The van der Waals surface area contributed by atoms with E-state index < -0.39 is 17.8 Å². The largest absolute Gasteiger partial charge is 0.417 e. The zero-order valence-corrected chi connectivity index (χ0v) is 19.3. The van der Waals surface area contributed by atoms with Crippen LogP contribution in [0.3, 0.4) is 0 Å². The average Bonchev–Trinajstić information content (AvgIpc) is 3.14. The molecule has 4 heterocycles. The van der Waals surface area contributed by atoms with Gasteiger partial charge in [-0.1, -0.05) is 12.8 Å². The Hall–Kier alpha value is -3.70. The number of halogens is 3. The predicted molar refractivity (Wildman–Crippen MR) is 121 cm³/mol. The first-order chi connectivity index (χ1) is 17.2. The van der Waals surface area contributed by atoms with Crippen LogP contribution in [-0.4, -0.2) is 59.0 Å². The molecule has 190 valence electrons. The number of piperazine rings is 1. The van der Waals surface area contributed by atoms with E-state index in [0.717, 1.165) is 37.9 Å². The zero-order chi connectivity index (χ0) is 25.4. The molecule has 3 amide bonds. The van der Waals surface area contributed by atoms with Crippen LogP contribution in [0.2, 0.25) is 0 Å². The van der Waals surface area contributed by atoms with Crippen LogP contribution in [0.5, 0.6) is 5.88 Å². The molecule has 3 aliphatic rings. The summed E-state index contributed by atoms with van der Waals surface area (Å²) in [6.07, 6.45) is 0.403. The second-order valence-corrected chi connectivity index (χ2v) is 9.11. The van der Waals surface area contributed by atoms with Gasteiger partial charge in [0.2, 0.25) is 17.7 Å². The molecule has 0 N–H and O–H groups in total. The molecule has 0 radical (unpaired) electrons. The number of fused-ring (bicyclic) bond motifs is 1. The summed E-state index contributed by atoms with van der Waals surface area (Å²) in [4.78, 5) is 50.5. The van der Waals surface area contributed by atoms with E-state index in [1.54, 1.807) is 4.90 Å². The Labute approximate surface area is 204 Å². The highest BCUT2D eigenvalue weighted by molar-refractivity contribution is 6.22. The summed E-state index contributed by atoms with van der Waals surface area (Å²) in [5.41, 5.74) is -0.458. The van der Waals surface area contributed by atoms with Crippen molar-refractivity contribution in [2.24, 2.45) is 11.8 Å². The first kappa shape index (κ1) is 24.0. The molecular formula is C24H24F3N5O4. The Balaban J connectivity index is 1.16. The van der Waals surface area contributed by atoms with Crippen LogP contribution in [0.25, 0.3) is 0 Å². The predicted octanol–water partition coefficient (Wildman–Crippen LogP) is 3.50. The quantitative estimate of drug-likeness (QED) is 0.592. The van der Waals surface area contributed by atoms with Gasteiger partial charge in [-0.05, 0) is 31.0 Å². The monoisotopic (exact) mass is 503 g/mol. The number of ether oxygens (including phenoxy) is 1. The number of imide groups is 1. The molecule has 2 atom stereocenters. The van der Waals surface area contributed by atoms with E-state index in [4.69, 9.17) is 4.74 Å². The van der Waals surface area contributed by atoms with Crippen LogP contribution in [-0.2, 0) is 15.8 Å². The molecule has 1 aliphatic carbocycles. The molecule has 12 heteroatoms. The Morgan fingerprint density at radius 1 is 0.889 bits per heavy atom. The van der Waals surface area contributed by atoms with Crippen LogP contribution in [0, 0.1) is 11.8 Å². The van der Waals surface area contributed by atoms with Crippen LogP contribution < -0.4 is 14.5 Å². The molecular weight excluding hydrogens is 479 g/mol. The first-order valence-electron chi connectivity index (χ1n) is 11.8.